The van der Waals surface area contributed by atoms with E-state index < -0.39 is 22.1 Å². The van der Waals surface area contributed by atoms with Crippen LogP contribution < -0.4 is 4.73 Å². The Labute approximate surface area is 149 Å². The summed E-state index contributed by atoms with van der Waals surface area (Å²) >= 11 is 12.1. The van der Waals surface area contributed by atoms with Gasteiger partial charge in [-0.15, -0.1) is 0 Å². The van der Waals surface area contributed by atoms with Gasteiger partial charge in [-0.05, 0) is 12.1 Å². The van der Waals surface area contributed by atoms with Crippen molar-refractivity contribution in [3.8, 4) is 28.4 Å². The lowest BCUT2D eigenvalue weighted by Crippen LogP contribution is -2.25. The molecule has 0 amide bonds. The molecular weight excluding hydrogens is 375 g/mol. The van der Waals surface area contributed by atoms with E-state index in [4.69, 9.17) is 23.2 Å². The second kappa shape index (κ2) is 6.11. The van der Waals surface area contributed by atoms with E-state index in [1.54, 1.807) is 0 Å². The predicted molar refractivity (Wildman–Crippen MR) is 88.0 cm³/mol. The molecule has 0 aliphatic heterocycles. The van der Waals surface area contributed by atoms with Gasteiger partial charge in [0, 0.05) is 11.6 Å². The summed E-state index contributed by atoms with van der Waals surface area (Å²) in [6.07, 6.45) is 3.53. The molecule has 0 saturated heterocycles. The van der Waals surface area contributed by atoms with Crippen molar-refractivity contribution in [2.24, 2.45) is 0 Å². The summed E-state index contributed by atoms with van der Waals surface area (Å²) in [5.41, 5.74) is -0.00704. The number of nitrogens with zero attached hydrogens (tertiary/aromatic N) is 4. The van der Waals surface area contributed by atoms with Crippen LogP contribution in [0.4, 0.5) is 5.69 Å². The maximum absolute atomic E-state index is 11.4. The molecular formula is C14H8Cl2N4O5. The molecule has 0 bridgehead atoms. The molecule has 0 radical (unpaired) electrons. The van der Waals surface area contributed by atoms with Crippen LogP contribution in [0.1, 0.15) is 0 Å². The first kappa shape index (κ1) is 16.8. The third kappa shape index (κ3) is 2.90. The number of phenols is 2. The molecule has 0 unspecified atom stereocenters. The average molecular weight is 383 g/mol. The smallest absolute Gasteiger partial charge is 0.315 e. The Morgan fingerprint density at radius 2 is 1.84 bits per heavy atom. The van der Waals surface area contributed by atoms with Crippen LogP contribution in [-0.2, 0) is 0 Å². The lowest BCUT2D eigenvalue weighted by Gasteiger charge is -2.11. The standard InChI is InChI=1S/C14H8Cl2N4O5/c15-8-5-18(23)6-9(16)13(8)19-10(1-2-17-19)7-3-11(20(24)25)14(22)12(21)4-7/h1-6,21-22H. The number of benzene rings is 1. The van der Waals surface area contributed by atoms with E-state index in [9.17, 15) is 25.5 Å². The summed E-state index contributed by atoms with van der Waals surface area (Å²) in [4.78, 5) is 10.2. The van der Waals surface area contributed by atoms with Crippen LogP contribution in [0, 0.1) is 15.3 Å². The molecule has 9 nitrogen and oxygen atoms in total. The number of hydrogen-bond donors (Lipinski definition) is 2. The molecule has 128 valence electrons. The first-order chi connectivity index (χ1) is 11.8. The monoisotopic (exact) mass is 382 g/mol. The number of rotatable bonds is 3. The fourth-order valence-corrected chi connectivity index (χ4v) is 2.90. The number of phenolic OH excluding ortho intramolecular Hbond substituents is 2. The minimum absolute atomic E-state index is 0.00458. The van der Waals surface area contributed by atoms with E-state index in [1.165, 1.54) is 16.9 Å². The van der Waals surface area contributed by atoms with Gasteiger partial charge < -0.3 is 15.4 Å². The van der Waals surface area contributed by atoms with Crippen molar-refractivity contribution in [3.63, 3.8) is 0 Å². The van der Waals surface area contributed by atoms with Gasteiger partial charge in [0.05, 0.1) is 16.8 Å². The molecule has 11 heteroatoms. The van der Waals surface area contributed by atoms with E-state index >= 15 is 0 Å². The summed E-state index contributed by atoms with van der Waals surface area (Å²) in [6, 6.07) is 3.70. The highest BCUT2D eigenvalue weighted by Gasteiger charge is 2.23. The Morgan fingerprint density at radius 1 is 1.20 bits per heavy atom. The molecule has 0 spiro atoms. The Morgan fingerprint density at radius 3 is 2.44 bits per heavy atom. The van der Waals surface area contributed by atoms with Crippen LogP contribution in [0.2, 0.25) is 10.0 Å². The summed E-state index contributed by atoms with van der Waals surface area (Å²) < 4.78 is 1.69. The van der Waals surface area contributed by atoms with E-state index in [0.29, 0.717) is 10.4 Å². The zero-order valence-corrected chi connectivity index (χ0v) is 13.6. The van der Waals surface area contributed by atoms with Crippen molar-refractivity contribution < 1.29 is 19.9 Å². The van der Waals surface area contributed by atoms with Crippen LogP contribution >= 0.6 is 23.2 Å². The third-order valence-corrected chi connectivity index (χ3v) is 3.90. The summed E-state index contributed by atoms with van der Waals surface area (Å²) in [6.45, 7) is 0. The van der Waals surface area contributed by atoms with Gasteiger partial charge in [0.15, 0.2) is 5.75 Å². The maximum atomic E-state index is 11.4. The molecule has 25 heavy (non-hydrogen) atoms. The van der Waals surface area contributed by atoms with Crippen molar-refractivity contribution in [1.82, 2.24) is 9.78 Å². The maximum Gasteiger partial charge on any atom is 0.315 e. The zero-order valence-electron chi connectivity index (χ0n) is 12.1. The van der Waals surface area contributed by atoms with Crippen molar-refractivity contribution in [3.05, 3.63) is 62.2 Å². The van der Waals surface area contributed by atoms with E-state index in [2.05, 4.69) is 5.10 Å². The summed E-state index contributed by atoms with van der Waals surface area (Å²) in [5.74, 6) is -1.51. The van der Waals surface area contributed by atoms with Gasteiger partial charge in [0.25, 0.3) is 0 Å². The molecule has 2 heterocycles. The number of hydrogen-bond acceptors (Lipinski definition) is 6. The molecule has 0 aliphatic rings. The van der Waals surface area contributed by atoms with Crippen molar-refractivity contribution in [2.45, 2.75) is 0 Å². The molecule has 0 fully saturated rings. The minimum Gasteiger partial charge on any atom is -0.619 e. The van der Waals surface area contributed by atoms with Crippen molar-refractivity contribution in [2.75, 3.05) is 0 Å². The lowest BCUT2D eigenvalue weighted by atomic mass is 10.1. The second-order valence-electron chi connectivity index (χ2n) is 4.91. The molecule has 3 aromatic rings. The topological polar surface area (TPSA) is 128 Å². The number of pyridine rings is 1. The molecule has 3 rings (SSSR count). The van der Waals surface area contributed by atoms with Gasteiger partial charge in [-0.25, -0.2) is 4.68 Å². The Bertz CT molecular complexity index is 982. The molecule has 2 N–H and O–H groups in total. The van der Waals surface area contributed by atoms with Gasteiger partial charge >= 0.3 is 5.69 Å². The second-order valence-corrected chi connectivity index (χ2v) is 5.73. The number of aromatic nitrogens is 3. The van der Waals surface area contributed by atoms with E-state index in [0.717, 1.165) is 24.5 Å². The molecule has 2 aromatic heterocycles. The average Bonchev–Trinajstić information content (AvgIpc) is 2.97. The van der Waals surface area contributed by atoms with Crippen LogP contribution in [0.15, 0.2) is 36.8 Å². The lowest BCUT2D eigenvalue weighted by molar-refractivity contribution is -0.605. The number of nitro benzene ring substituents is 1. The van der Waals surface area contributed by atoms with Crippen LogP contribution in [0.3, 0.4) is 0 Å². The highest BCUT2D eigenvalue weighted by molar-refractivity contribution is 6.37. The van der Waals surface area contributed by atoms with Gasteiger partial charge in [-0.1, -0.05) is 23.2 Å². The largest absolute Gasteiger partial charge is 0.619 e. The van der Waals surface area contributed by atoms with Crippen molar-refractivity contribution in [1.29, 1.82) is 0 Å². The first-order valence-electron chi connectivity index (χ1n) is 6.62. The molecule has 0 aliphatic carbocycles. The Balaban J connectivity index is 2.24. The number of nitro groups is 1. The minimum atomic E-state index is -0.844. The number of aromatic hydroxyl groups is 2. The van der Waals surface area contributed by atoms with Gasteiger partial charge in [0.2, 0.25) is 18.1 Å². The third-order valence-electron chi connectivity index (χ3n) is 3.35. The van der Waals surface area contributed by atoms with Crippen LogP contribution in [-0.4, -0.2) is 24.9 Å². The van der Waals surface area contributed by atoms with E-state index in [1.807, 2.05) is 0 Å². The summed E-state index contributed by atoms with van der Waals surface area (Å²) in [7, 11) is 0. The first-order valence-corrected chi connectivity index (χ1v) is 7.38. The predicted octanol–water partition coefficient (Wildman–Crippen LogP) is 2.80. The van der Waals surface area contributed by atoms with E-state index in [-0.39, 0.29) is 21.3 Å². The normalized spacial score (nSPS) is 10.8. The fourth-order valence-electron chi connectivity index (χ4n) is 2.29. The molecule has 0 saturated carbocycles. The quantitative estimate of drug-likeness (QED) is 0.235. The van der Waals surface area contributed by atoms with Gasteiger partial charge in [0.1, 0.15) is 15.7 Å². The van der Waals surface area contributed by atoms with Crippen molar-refractivity contribution >= 4 is 28.9 Å². The fraction of sp³-hybridized carbons (Fsp3) is 0. The zero-order chi connectivity index (χ0) is 18.3. The van der Waals surface area contributed by atoms with Gasteiger partial charge in [-0.2, -0.15) is 9.83 Å². The highest BCUT2D eigenvalue weighted by Crippen LogP contribution is 2.40. The Hall–Kier alpha value is -3.04. The SMILES string of the molecule is O=[N+]([O-])c1cc(-c2ccnn2-c2c(Cl)c[n+]([O-])cc2Cl)cc(O)c1O. The van der Waals surface area contributed by atoms with Gasteiger partial charge in [-0.3, -0.25) is 10.1 Å². The highest BCUT2D eigenvalue weighted by atomic mass is 35.5. The Kier molecular flexibility index (Phi) is 4.11. The van der Waals surface area contributed by atoms with Crippen LogP contribution in [0.25, 0.3) is 16.9 Å². The molecule has 1 aromatic carbocycles. The van der Waals surface area contributed by atoms with Crippen LogP contribution in [0.5, 0.6) is 11.5 Å². The molecule has 0 atom stereocenters. The number of halogens is 2. The summed E-state index contributed by atoms with van der Waals surface area (Å²) in [5, 5.41) is 45.8.